The summed E-state index contributed by atoms with van der Waals surface area (Å²) >= 11 is 0. The lowest BCUT2D eigenvalue weighted by Gasteiger charge is -2.29. The SMILES string of the molecule is CCCCCCCC[C@H]1CC[C@H](c2ccc(-c3ccc(F)c(F)c3F)cc2)CC1. The second kappa shape index (κ2) is 10.8. The molecule has 158 valence electrons. The highest BCUT2D eigenvalue weighted by Gasteiger charge is 2.22. The third-order valence-corrected chi connectivity index (χ3v) is 6.54. The van der Waals surface area contributed by atoms with Crippen molar-refractivity contribution in [2.75, 3.05) is 0 Å². The Bertz CT molecular complexity index is 758. The first-order valence-corrected chi connectivity index (χ1v) is 11.3. The Morgan fingerprint density at radius 3 is 2.07 bits per heavy atom. The molecule has 3 heteroatoms. The summed E-state index contributed by atoms with van der Waals surface area (Å²) in [6, 6.07) is 9.98. The monoisotopic (exact) mass is 402 g/mol. The van der Waals surface area contributed by atoms with Gasteiger partial charge in [-0.25, -0.2) is 13.2 Å². The molecule has 0 spiro atoms. The van der Waals surface area contributed by atoms with Crippen LogP contribution in [0.3, 0.4) is 0 Å². The molecule has 0 heterocycles. The third kappa shape index (κ3) is 5.87. The van der Waals surface area contributed by atoms with Gasteiger partial charge in [-0.05, 0) is 60.8 Å². The highest BCUT2D eigenvalue weighted by Crippen LogP contribution is 2.38. The van der Waals surface area contributed by atoms with Crippen molar-refractivity contribution in [2.24, 2.45) is 5.92 Å². The highest BCUT2D eigenvalue weighted by molar-refractivity contribution is 5.64. The Balaban J connectivity index is 1.49. The van der Waals surface area contributed by atoms with E-state index in [2.05, 4.69) is 6.92 Å². The molecule has 0 saturated heterocycles. The smallest absolute Gasteiger partial charge is 0.195 e. The average molecular weight is 403 g/mol. The van der Waals surface area contributed by atoms with Gasteiger partial charge in [0.1, 0.15) is 0 Å². The molecule has 0 unspecified atom stereocenters. The standard InChI is InChI=1S/C26H33F3/c1-2-3-4-5-6-7-8-19-9-11-20(12-10-19)21-13-15-22(16-14-21)23-17-18-24(27)26(29)25(23)28/h13-20H,2-12H2,1H3/t19-,20-. The van der Waals surface area contributed by atoms with E-state index in [1.807, 2.05) is 24.3 Å². The van der Waals surface area contributed by atoms with Crippen LogP contribution in [0.2, 0.25) is 0 Å². The molecule has 29 heavy (non-hydrogen) atoms. The van der Waals surface area contributed by atoms with Crippen LogP contribution in [0.4, 0.5) is 13.2 Å². The van der Waals surface area contributed by atoms with Crippen LogP contribution in [0.5, 0.6) is 0 Å². The van der Waals surface area contributed by atoms with Crippen molar-refractivity contribution in [3.8, 4) is 11.1 Å². The first-order valence-electron chi connectivity index (χ1n) is 11.3. The minimum atomic E-state index is -1.41. The summed E-state index contributed by atoms with van der Waals surface area (Å²) < 4.78 is 40.7. The van der Waals surface area contributed by atoms with Crippen molar-refractivity contribution >= 4 is 0 Å². The van der Waals surface area contributed by atoms with Crippen molar-refractivity contribution in [1.29, 1.82) is 0 Å². The molecule has 0 amide bonds. The molecule has 2 aromatic rings. The van der Waals surface area contributed by atoms with Gasteiger partial charge in [0.15, 0.2) is 17.5 Å². The Morgan fingerprint density at radius 1 is 0.724 bits per heavy atom. The molecular formula is C26H33F3. The van der Waals surface area contributed by atoms with Crippen molar-refractivity contribution in [3.63, 3.8) is 0 Å². The molecular weight excluding hydrogens is 369 g/mol. The van der Waals surface area contributed by atoms with Gasteiger partial charge in [-0.2, -0.15) is 0 Å². The van der Waals surface area contributed by atoms with Gasteiger partial charge in [0.2, 0.25) is 0 Å². The van der Waals surface area contributed by atoms with Gasteiger partial charge in [-0.1, -0.05) is 76.1 Å². The fourth-order valence-corrected chi connectivity index (χ4v) is 4.68. The van der Waals surface area contributed by atoms with E-state index in [-0.39, 0.29) is 5.56 Å². The van der Waals surface area contributed by atoms with Gasteiger partial charge in [0, 0.05) is 5.56 Å². The van der Waals surface area contributed by atoms with Gasteiger partial charge in [-0.3, -0.25) is 0 Å². The highest BCUT2D eigenvalue weighted by atomic mass is 19.2. The zero-order chi connectivity index (χ0) is 20.6. The lowest BCUT2D eigenvalue weighted by molar-refractivity contribution is 0.302. The van der Waals surface area contributed by atoms with Crippen molar-refractivity contribution in [2.45, 2.75) is 83.5 Å². The summed E-state index contributed by atoms with van der Waals surface area (Å²) in [7, 11) is 0. The molecule has 0 nitrogen and oxygen atoms in total. The van der Waals surface area contributed by atoms with Crippen LogP contribution in [0.15, 0.2) is 36.4 Å². The van der Waals surface area contributed by atoms with E-state index < -0.39 is 17.5 Å². The maximum atomic E-state index is 14.0. The molecule has 3 rings (SSSR count). The third-order valence-electron chi connectivity index (χ3n) is 6.54. The van der Waals surface area contributed by atoms with Crippen LogP contribution < -0.4 is 0 Å². The van der Waals surface area contributed by atoms with Gasteiger partial charge in [0.25, 0.3) is 0 Å². The summed E-state index contributed by atoms with van der Waals surface area (Å²) in [5.41, 5.74) is 1.97. The number of hydrogen-bond acceptors (Lipinski definition) is 0. The second-order valence-electron chi connectivity index (χ2n) is 8.62. The molecule has 0 bridgehead atoms. The summed E-state index contributed by atoms with van der Waals surface area (Å²) in [4.78, 5) is 0. The molecule has 2 aromatic carbocycles. The van der Waals surface area contributed by atoms with E-state index in [9.17, 15) is 13.2 Å². The van der Waals surface area contributed by atoms with Crippen LogP contribution in [-0.2, 0) is 0 Å². The first-order chi connectivity index (χ1) is 14.1. The van der Waals surface area contributed by atoms with Gasteiger partial charge in [-0.15, -0.1) is 0 Å². The maximum absolute atomic E-state index is 14.0. The minimum Gasteiger partial charge on any atom is -0.204 e. The molecule has 1 aliphatic carbocycles. The maximum Gasteiger partial charge on any atom is 0.195 e. The molecule has 0 atom stereocenters. The lowest BCUT2D eigenvalue weighted by atomic mass is 9.77. The van der Waals surface area contributed by atoms with E-state index in [1.54, 1.807) is 0 Å². The lowest BCUT2D eigenvalue weighted by Crippen LogP contribution is -2.13. The van der Waals surface area contributed by atoms with E-state index in [0.717, 1.165) is 12.0 Å². The van der Waals surface area contributed by atoms with Crippen molar-refractivity contribution in [1.82, 2.24) is 0 Å². The van der Waals surface area contributed by atoms with E-state index in [1.165, 1.54) is 82.3 Å². The van der Waals surface area contributed by atoms with Crippen LogP contribution in [0.25, 0.3) is 11.1 Å². The fourth-order valence-electron chi connectivity index (χ4n) is 4.68. The molecule has 0 N–H and O–H groups in total. The Kier molecular flexibility index (Phi) is 8.20. The van der Waals surface area contributed by atoms with Crippen molar-refractivity contribution < 1.29 is 13.2 Å². The Labute approximate surface area is 173 Å². The number of unbranched alkanes of at least 4 members (excludes halogenated alkanes) is 5. The fraction of sp³-hybridized carbons (Fsp3) is 0.538. The van der Waals surface area contributed by atoms with Gasteiger partial charge in [0.05, 0.1) is 0 Å². The van der Waals surface area contributed by atoms with Crippen LogP contribution in [0, 0.1) is 23.4 Å². The number of halogens is 3. The predicted molar refractivity (Wildman–Crippen MR) is 114 cm³/mol. The molecule has 0 aliphatic heterocycles. The number of benzene rings is 2. The normalized spacial score (nSPS) is 19.4. The van der Waals surface area contributed by atoms with Crippen LogP contribution in [-0.4, -0.2) is 0 Å². The van der Waals surface area contributed by atoms with Crippen LogP contribution >= 0.6 is 0 Å². The quantitative estimate of drug-likeness (QED) is 0.290. The molecule has 0 aromatic heterocycles. The second-order valence-corrected chi connectivity index (χ2v) is 8.62. The molecule has 1 saturated carbocycles. The van der Waals surface area contributed by atoms with Crippen LogP contribution in [0.1, 0.15) is 89.0 Å². The zero-order valence-corrected chi connectivity index (χ0v) is 17.5. The topological polar surface area (TPSA) is 0 Å². The Hall–Kier alpha value is -1.77. The van der Waals surface area contributed by atoms with E-state index >= 15 is 0 Å². The van der Waals surface area contributed by atoms with Crippen molar-refractivity contribution in [3.05, 3.63) is 59.4 Å². The molecule has 1 fully saturated rings. The van der Waals surface area contributed by atoms with Gasteiger partial charge < -0.3 is 0 Å². The average Bonchev–Trinajstić information content (AvgIpc) is 2.75. The number of rotatable bonds is 9. The number of hydrogen-bond donors (Lipinski definition) is 0. The van der Waals surface area contributed by atoms with E-state index in [0.29, 0.717) is 11.5 Å². The molecule has 1 aliphatic rings. The summed E-state index contributed by atoms with van der Waals surface area (Å²) in [5, 5.41) is 0. The summed E-state index contributed by atoms with van der Waals surface area (Å²) in [5.74, 6) is -2.25. The minimum absolute atomic E-state index is 0.109. The summed E-state index contributed by atoms with van der Waals surface area (Å²) in [6.07, 6.45) is 14.6. The largest absolute Gasteiger partial charge is 0.204 e. The van der Waals surface area contributed by atoms with Gasteiger partial charge >= 0.3 is 0 Å². The summed E-state index contributed by atoms with van der Waals surface area (Å²) in [6.45, 7) is 2.26. The van der Waals surface area contributed by atoms with E-state index in [4.69, 9.17) is 0 Å². The Morgan fingerprint density at radius 2 is 1.38 bits per heavy atom. The zero-order valence-electron chi connectivity index (χ0n) is 17.5. The first kappa shape index (κ1) is 21.9. The molecule has 0 radical (unpaired) electrons. The predicted octanol–water partition coefficient (Wildman–Crippen LogP) is 8.80.